The maximum atomic E-state index is 13.7. The van der Waals surface area contributed by atoms with Gasteiger partial charge in [0.2, 0.25) is 10.0 Å². The normalized spacial score (nSPS) is 16.6. The lowest BCUT2D eigenvalue weighted by Crippen LogP contribution is -2.50. The van der Waals surface area contributed by atoms with Crippen molar-refractivity contribution < 1.29 is 22.3 Å². The van der Waals surface area contributed by atoms with Crippen LogP contribution in [-0.2, 0) is 21.4 Å². The summed E-state index contributed by atoms with van der Waals surface area (Å²) in [6.45, 7) is 1.69. The third-order valence-electron chi connectivity index (χ3n) is 4.09. The van der Waals surface area contributed by atoms with E-state index in [9.17, 15) is 17.6 Å². The number of carbonyl (C=O) groups is 1. The molecule has 3 rings (SSSR count). The number of anilines is 1. The molecule has 2 aromatic carbocycles. The predicted molar refractivity (Wildman–Crippen MR) is 96.0 cm³/mol. The molecule has 0 fully saturated rings. The molecule has 1 N–H and O–H groups in total. The molecular weight excluding hydrogens is 359 g/mol. The van der Waals surface area contributed by atoms with E-state index in [1.54, 1.807) is 36.4 Å². The molecule has 6 nitrogen and oxygen atoms in total. The highest BCUT2D eigenvalue weighted by molar-refractivity contribution is 7.92. The third kappa shape index (κ3) is 3.80. The first kappa shape index (κ1) is 18.2. The Morgan fingerprint density at radius 2 is 2.04 bits per heavy atom. The first-order valence-corrected chi connectivity index (χ1v) is 9.86. The second-order valence-corrected chi connectivity index (χ2v) is 8.09. The lowest BCUT2D eigenvalue weighted by molar-refractivity contribution is -0.127. The number of sulfonamides is 1. The zero-order valence-corrected chi connectivity index (χ0v) is 15.2. The molecule has 0 aliphatic carbocycles. The third-order valence-corrected chi connectivity index (χ3v) is 5.23. The van der Waals surface area contributed by atoms with Crippen LogP contribution in [0.3, 0.4) is 0 Å². The van der Waals surface area contributed by atoms with Crippen molar-refractivity contribution in [1.29, 1.82) is 0 Å². The van der Waals surface area contributed by atoms with Crippen LogP contribution in [0.2, 0.25) is 0 Å². The number of fused-ring (bicyclic) bond motifs is 1. The summed E-state index contributed by atoms with van der Waals surface area (Å²) in [5.41, 5.74) is 1.63. The lowest BCUT2D eigenvalue weighted by Gasteiger charge is -2.34. The summed E-state index contributed by atoms with van der Waals surface area (Å²) in [5, 5.41) is 2.60. The fraction of sp³-hybridized carbons (Fsp3) is 0.278. The van der Waals surface area contributed by atoms with Crippen molar-refractivity contribution in [3.63, 3.8) is 0 Å². The molecule has 26 heavy (non-hydrogen) atoms. The summed E-state index contributed by atoms with van der Waals surface area (Å²) < 4.78 is 44.8. The molecule has 1 heterocycles. The number of hydrogen-bond acceptors (Lipinski definition) is 4. The highest BCUT2D eigenvalue weighted by atomic mass is 32.2. The van der Waals surface area contributed by atoms with Gasteiger partial charge in [0.05, 0.1) is 18.5 Å². The van der Waals surface area contributed by atoms with E-state index in [0.29, 0.717) is 17.0 Å². The number of hydrogen-bond donors (Lipinski definition) is 1. The highest BCUT2D eigenvalue weighted by Gasteiger charge is 2.35. The van der Waals surface area contributed by atoms with Crippen molar-refractivity contribution in [1.82, 2.24) is 5.32 Å². The Balaban J connectivity index is 1.80. The van der Waals surface area contributed by atoms with Crippen LogP contribution >= 0.6 is 0 Å². The van der Waals surface area contributed by atoms with Crippen molar-refractivity contribution in [2.75, 3.05) is 17.1 Å². The molecule has 8 heteroatoms. The van der Waals surface area contributed by atoms with E-state index < -0.39 is 27.9 Å². The number of nitrogens with zero attached hydrogens (tertiary/aromatic N) is 1. The van der Waals surface area contributed by atoms with Gasteiger partial charge in [-0.15, -0.1) is 0 Å². The van der Waals surface area contributed by atoms with E-state index in [-0.39, 0.29) is 13.1 Å². The summed E-state index contributed by atoms with van der Waals surface area (Å²) >= 11 is 0. The average molecular weight is 378 g/mol. The number of carbonyl (C=O) groups excluding carboxylic acids is 1. The maximum absolute atomic E-state index is 13.7. The van der Waals surface area contributed by atoms with Gasteiger partial charge >= 0.3 is 0 Å². The zero-order valence-electron chi connectivity index (χ0n) is 14.4. The van der Waals surface area contributed by atoms with Crippen LogP contribution in [0, 0.1) is 12.7 Å². The van der Waals surface area contributed by atoms with Crippen LogP contribution in [0.25, 0.3) is 0 Å². The van der Waals surface area contributed by atoms with E-state index in [4.69, 9.17) is 4.74 Å². The summed E-state index contributed by atoms with van der Waals surface area (Å²) in [6.07, 6.45) is 0.0605. The van der Waals surface area contributed by atoms with Gasteiger partial charge in [-0.1, -0.05) is 24.3 Å². The van der Waals surface area contributed by atoms with Crippen molar-refractivity contribution in [2.45, 2.75) is 19.6 Å². The largest absolute Gasteiger partial charge is 0.476 e. The summed E-state index contributed by atoms with van der Waals surface area (Å²) in [7, 11) is -3.58. The van der Waals surface area contributed by atoms with Crippen LogP contribution in [-0.4, -0.2) is 33.2 Å². The Labute approximate surface area is 151 Å². The molecule has 0 bridgehead atoms. The van der Waals surface area contributed by atoms with Crippen molar-refractivity contribution in [2.24, 2.45) is 0 Å². The molecule has 0 saturated heterocycles. The Hall–Kier alpha value is -2.61. The quantitative estimate of drug-likeness (QED) is 0.883. The number of ether oxygens (including phenoxy) is 1. The number of aryl methyl sites for hydroxylation is 1. The van der Waals surface area contributed by atoms with Crippen molar-refractivity contribution in [3.8, 4) is 5.75 Å². The van der Waals surface area contributed by atoms with Crippen molar-refractivity contribution >= 4 is 21.6 Å². The summed E-state index contributed by atoms with van der Waals surface area (Å²) in [6, 6.07) is 11.2. The predicted octanol–water partition coefficient (Wildman–Crippen LogP) is 1.98. The zero-order chi connectivity index (χ0) is 18.9. The lowest BCUT2D eigenvalue weighted by atomic mass is 10.1. The molecule has 1 atom stereocenters. The molecule has 1 amide bonds. The minimum atomic E-state index is -3.58. The van der Waals surface area contributed by atoms with E-state index in [1.807, 2.05) is 6.92 Å². The van der Waals surface area contributed by atoms with Gasteiger partial charge in [0.25, 0.3) is 5.91 Å². The molecule has 0 aromatic heterocycles. The first-order chi connectivity index (χ1) is 12.3. The van der Waals surface area contributed by atoms with E-state index >= 15 is 0 Å². The van der Waals surface area contributed by atoms with Gasteiger partial charge in [-0.2, -0.15) is 0 Å². The number of halogens is 1. The Kier molecular flexibility index (Phi) is 4.86. The number of nitrogens with one attached hydrogen (secondary N) is 1. The van der Waals surface area contributed by atoms with Crippen LogP contribution in [0.5, 0.6) is 5.75 Å². The summed E-state index contributed by atoms with van der Waals surface area (Å²) in [4.78, 5) is 12.5. The van der Waals surface area contributed by atoms with Gasteiger partial charge in [0.1, 0.15) is 11.6 Å². The van der Waals surface area contributed by atoms with Crippen LogP contribution < -0.4 is 14.4 Å². The number of amides is 1. The number of rotatable bonds is 4. The van der Waals surface area contributed by atoms with Crippen LogP contribution in [0.1, 0.15) is 11.1 Å². The van der Waals surface area contributed by atoms with Crippen LogP contribution in [0.4, 0.5) is 10.1 Å². The maximum Gasteiger partial charge on any atom is 0.263 e. The van der Waals surface area contributed by atoms with E-state index in [2.05, 4.69) is 5.32 Å². The highest BCUT2D eigenvalue weighted by Crippen LogP contribution is 2.35. The summed E-state index contributed by atoms with van der Waals surface area (Å²) in [5.74, 6) is -0.609. The van der Waals surface area contributed by atoms with E-state index in [1.165, 1.54) is 6.07 Å². The molecule has 0 spiro atoms. The second-order valence-electron chi connectivity index (χ2n) is 6.18. The minimum absolute atomic E-state index is 0.00893. The molecule has 0 radical (unpaired) electrons. The Bertz CT molecular complexity index is 946. The number of benzene rings is 2. The molecule has 2 aromatic rings. The van der Waals surface area contributed by atoms with Crippen LogP contribution in [0.15, 0.2) is 42.5 Å². The topological polar surface area (TPSA) is 75.7 Å². The standard InChI is InChI=1S/C18H19FN2O4S/c1-12-7-8-16-15(9-12)21(26(2,23)24)11-17(25-16)18(22)20-10-13-5-3-4-6-14(13)19/h3-9,17H,10-11H2,1-2H3,(H,20,22). The fourth-order valence-corrected chi connectivity index (χ4v) is 3.66. The average Bonchev–Trinajstić information content (AvgIpc) is 2.59. The molecule has 1 aliphatic heterocycles. The minimum Gasteiger partial charge on any atom is -0.476 e. The molecule has 1 aliphatic rings. The molecule has 0 saturated carbocycles. The molecule has 138 valence electrons. The van der Waals surface area contributed by atoms with Gasteiger partial charge in [-0.25, -0.2) is 12.8 Å². The Morgan fingerprint density at radius 1 is 1.31 bits per heavy atom. The second kappa shape index (κ2) is 6.95. The SMILES string of the molecule is Cc1ccc2c(c1)N(S(C)(=O)=O)CC(C(=O)NCc1ccccc1F)O2. The monoisotopic (exact) mass is 378 g/mol. The van der Waals surface area contributed by atoms with Gasteiger partial charge in [-0.3, -0.25) is 9.10 Å². The van der Waals surface area contributed by atoms with Gasteiger partial charge < -0.3 is 10.1 Å². The van der Waals surface area contributed by atoms with Gasteiger partial charge in [0.15, 0.2) is 6.10 Å². The van der Waals surface area contributed by atoms with Gasteiger partial charge in [-0.05, 0) is 30.7 Å². The van der Waals surface area contributed by atoms with Crippen molar-refractivity contribution in [3.05, 3.63) is 59.4 Å². The van der Waals surface area contributed by atoms with E-state index in [0.717, 1.165) is 16.1 Å². The first-order valence-electron chi connectivity index (χ1n) is 8.02. The molecule has 1 unspecified atom stereocenters. The fourth-order valence-electron chi connectivity index (χ4n) is 2.75. The van der Waals surface area contributed by atoms with Gasteiger partial charge in [0, 0.05) is 12.1 Å². The Morgan fingerprint density at radius 3 is 2.73 bits per heavy atom. The molecular formula is C18H19FN2O4S. The smallest absolute Gasteiger partial charge is 0.263 e.